The van der Waals surface area contributed by atoms with Gasteiger partial charge >= 0.3 is 5.69 Å². The summed E-state index contributed by atoms with van der Waals surface area (Å²) in [5.74, 6) is 0.239. The van der Waals surface area contributed by atoms with Crippen molar-refractivity contribution in [2.45, 2.75) is 13.8 Å². The van der Waals surface area contributed by atoms with Gasteiger partial charge in [-0.3, -0.25) is 20.5 Å². The van der Waals surface area contributed by atoms with Gasteiger partial charge < -0.3 is 0 Å². The summed E-state index contributed by atoms with van der Waals surface area (Å²) in [6.07, 6.45) is 1.66. The fraction of sp³-hybridized carbons (Fsp3) is 0.250. The number of rotatable bonds is 4. The van der Waals surface area contributed by atoms with Gasteiger partial charge in [0.1, 0.15) is 5.69 Å². The lowest BCUT2D eigenvalue weighted by Crippen LogP contribution is -2.05. The molecule has 0 aliphatic carbocycles. The molecule has 8 nitrogen and oxygen atoms in total. The van der Waals surface area contributed by atoms with Crippen molar-refractivity contribution < 1.29 is 4.92 Å². The Morgan fingerprint density at radius 2 is 2.25 bits per heavy atom. The van der Waals surface area contributed by atoms with E-state index in [1.165, 1.54) is 4.68 Å². The smallest absolute Gasteiger partial charge is 0.258 e. The van der Waals surface area contributed by atoms with Crippen LogP contribution in [0.4, 0.5) is 11.5 Å². The second kappa shape index (κ2) is 5.47. The van der Waals surface area contributed by atoms with Gasteiger partial charge in [0.15, 0.2) is 0 Å². The predicted octanol–water partition coefficient (Wildman–Crippen LogP) is 1.87. The molecule has 0 fully saturated rings. The summed E-state index contributed by atoms with van der Waals surface area (Å²) in [4.78, 5) is 14.7. The zero-order valence-electron chi connectivity index (χ0n) is 11.4. The van der Waals surface area contributed by atoms with Crippen molar-refractivity contribution in [2.24, 2.45) is 12.1 Å². The molecule has 0 atom stereocenters. The standard InChI is InChI=1S/C12H14N6O2/c1-8(10-6-4-5-7-13-10)14-15-12-11(18(19)20)9(2)16-17(12)3/h4-7,15H,1-3H3/b14-8-. The molecule has 2 aromatic rings. The van der Waals surface area contributed by atoms with Crippen molar-refractivity contribution in [3.63, 3.8) is 0 Å². The van der Waals surface area contributed by atoms with Gasteiger partial charge in [-0.05, 0) is 26.0 Å². The Balaban J connectivity index is 2.30. The van der Waals surface area contributed by atoms with E-state index in [1.54, 1.807) is 33.2 Å². The van der Waals surface area contributed by atoms with E-state index < -0.39 is 4.92 Å². The summed E-state index contributed by atoms with van der Waals surface area (Å²) < 4.78 is 1.39. The molecule has 2 aromatic heterocycles. The molecule has 0 amide bonds. The van der Waals surface area contributed by atoms with Crippen LogP contribution in [0.2, 0.25) is 0 Å². The van der Waals surface area contributed by atoms with Gasteiger partial charge in [0, 0.05) is 13.2 Å². The zero-order chi connectivity index (χ0) is 14.7. The predicted molar refractivity (Wildman–Crippen MR) is 74.7 cm³/mol. The molecule has 104 valence electrons. The van der Waals surface area contributed by atoms with Crippen molar-refractivity contribution in [3.8, 4) is 0 Å². The second-order valence-corrected chi connectivity index (χ2v) is 4.19. The Kier molecular flexibility index (Phi) is 3.74. The fourth-order valence-electron chi connectivity index (χ4n) is 1.76. The van der Waals surface area contributed by atoms with Crippen LogP contribution in [0.5, 0.6) is 0 Å². The Morgan fingerprint density at radius 3 is 2.85 bits per heavy atom. The van der Waals surface area contributed by atoms with Gasteiger partial charge in [-0.25, -0.2) is 4.68 Å². The van der Waals surface area contributed by atoms with Gasteiger partial charge in [-0.1, -0.05) is 6.07 Å². The first-order valence-corrected chi connectivity index (χ1v) is 5.90. The van der Waals surface area contributed by atoms with E-state index in [2.05, 4.69) is 20.6 Å². The Bertz CT molecular complexity index is 662. The van der Waals surface area contributed by atoms with Gasteiger partial charge in [0.05, 0.1) is 16.3 Å². The van der Waals surface area contributed by atoms with Crippen molar-refractivity contribution in [1.29, 1.82) is 0 Å². The monoisotopic (exact) mass is 274 g/mol. The highest BCUT2D eigenvalue weighted by Crippen LogP contribution is 2.27. The Labute approximate surface area is 115 Å². The molecule has 0 unspecified atom stereocenters. The number of hydrogen-bond acceptors (Lipinski definition) is 6. The molecule has 0 aromatic carbocycles. The highest BCUT2D eigenvalue weighted by molar-refractivity contribution is 5.97. The number of nitro groups is 1. The van der Waals surface area contributed by atoms with Gasteiger partial charge in [0.2, 0.25) is 5.82 Å². The quantitative estimate of drug-likeness (QED) is 0.521. The summed E-state index contributed by atoms with van der Waals surface area (Å²) in [5.41, 5.74) is 4.27. The second-order valence-electron chi connectivity index (χ2n) is 4.19. The molecule has 0 saturated heterocycles. The lowest BCUT2D eigenvalue weighted by molar-refractivity contribution is -0.384. The number of pyridine rings is 1. The molecule has 0 bridgehead atoms. The molecule has 20 heavy (non-hydrogen) atoms. The first kappa shape index (κ1) is 13.7. The maximum absolute atomic E-state index is 11.0. The Morgan fingerprint density at radius 1 is 1.50 bits per heavy atom. The first-order valence-electron chi connectivity index (χ1n) is 5.90. The minimum Gasteiger partial charge on any atom is -0.258 e. The van der Waals surface area contributed by atoms with Crippen molar-refractivity contribution in [1.82, 2.24) is 14.8 Å². The number of anilines is 1. The van der Waals surface area contributed by atoms with Gasteiger partial charge in [-0.2, -0.15) is 10.2 Å². The van der Waals surface area contributed by atoms with Crippen LogP contribution in [-0.2, 0) is 7.05 Å². The Hall–Kier alpha value is -2.77. The molecule has 0 radical (unpaired) electrons. The minimum absolute atomic E-state index is 0.0786. The van der Waals surface area contributed by atoms with Crippen LogP contribution in [0.25, 0.3) is 0 Å². The van der Waals surface area contributed by atoms with E-state index in [9.17, 15) is 10.1 Å². The highest BCUT2D eigenvalue weighted by Gasteiger charge is 2.23. The molecule has 0 spiro atoms. The first-order chi connectivity index (χ1) is 9.50. The third-order valence-corrected chi connectivity index (χ3v) is 2.74. The molecule has 2 rings (SSSR count). The number of hydrazone groups is 1. The molecule has 8 heteroatoms. The molecule has 2 heterocycles. The van der Waals surface area contributed by atoms with Crippen LogP contribution >= 0.6 is 0 Å². The van der Waals surface area contributed by atoms with Crippen molar-refractivity contribution >= 4 is 17.2 Å². The van der Waals surface area contributed by atoms with Gasteiger partial charge in [0.25, 0.3) is 0 Å². The van der Waals surface area contributed by atoms with Gasteiger partial charge in [-0.15, -0.1) is 0 Å². The summed E-state index contributed by atoms with van der Waals surface area (Å²) >= 11 is 0. The maximum atomic E-state index is 11.0. The van der Waals surface area contributed by atoms with E-state index in [-0.39, 0.29) is 11.5 Å². The molecule has 0 aliphatic rings. The van der Waals surface area contributed by atoms with Crippen LogP contribution in [0.3, 0.4) is 0 Å². The number of nitrogens with one attached hydrogen (secondary N) is 1. The molecule has 1 N–H and O–H groups in total. The van der Waals surface area contributed by atoms with Crippen LogP contribution in [0, 0.1) is 17.0 Å². The number of hydrogen-bond donors (Lipinski definition) is 1. The summed E-state index contributed by atoms with van der Waals surface area (Å²) in [6, 6.07) is 5.46. The van der Waals surface area contributed by atoms with E-state index in [0.29, 0.717) is 17.1 Å². The maximum Gasteiger partial charge on any atom is 0.335 e. The third-order valence-electron chi connectivity index (χ3n) is 2.74. The molecular weight excluding hydrogens is 260 g/mol. The number of aryl methyl sites for hydroxylation is 2. The molecule has 0 aliphatic heterocycles. The van der Waals surface area contributed by atoms with Crippen LogP contribution in [0.15, 0.2) is 29.5 Å². The zero-order valence-corrected chi connectivity index (χ0v) is 11.4. The average molecular weight is 274 g/mol. The normalized spacial score (nSPS) is 11.4. The summed E-state index contributed by atoms with van der Waals surface area (Å²) in [7, 11) is 1.62. The fourth-order valence-corrected chi connectivity index (χ4v) is 1.76. The topological polar surface area (TPSA) is 98.2 Å². The summed E-state index contributed by atoms with van der Waals surface area (Å²) in [5, 5.41) is 19.2. The summed E-state index contributed by atoms with van der Waals surface area (Å²) in [6.45, 7) is 3.35. The van der Waals surface area contributed by atoms with E-state index in [0.717, 1.165) is 0 Å². The highest BCUT2D eigenvalue weighted by atomic mass is 16.6. The van der Waals surface area contributed by atoms with Crippen LogP contribution in [-0.4, -0.2) is 25.4 Å². The lowest BCUT2D eigenvalue weighted by Gasteiger charge is -2.02. The van der Waals surface area contributed by atoms with Crippen molar-refractivity contribution in [3.05, 3.63) is 45.9 Å². The largest absolute Gasteiger partial charge is 0.335 e. The van der Waals surface area contributed by atoms with Crippen molar-refractivity contribution in [2.75, 3.05) is 5.43 Å². The number of nitrogens with zero attached hydrogens (tertiary/aromatic N) is 5. The van der Waals surface area contributed by atoms with E-state index in [1.807, 2.05) is 12.1 Å². The SMILES string of the molecule is C/C(=N/Nc1c([N+](=O)[O-])c(C)nn1C)c1ccccn1. The third kappa shape index (κ3) is 2.63. The lowest BCUT2D eigenvalue weighted by atomic mass is 10.3. The van der Waals surface area contributed by atoms with E-state index in [4.69, 9.17) is 0 Å². The van der Waals surface area contributed by atoms with Crippen LogP contribution < -0.4 is 5.43 Å². The van der Waals surface area contributed by atoms with E-state index >= 15 is 0 Å². The molecule has 0 saturated carbocycles. The number of aromatic nitrogens is 3. The minimum atomic E-state index is -0.476. The average Bonchev–Trinajstić information content (AvgIpc) is 2.71. The molecular formula is C12H14N6O2. The van der Waals surface area contributed by atoms with Crippen LogP contribution in [0.1, 0.15) is 18.3 Å².